The maximum Gasteiger partial charge on any atom is 0.260 e. The number of nitrogens with zero attached hydrogens (tertiary/aromatic N) is 2. The fraction of sp³-hybridized carbons (Fsp3) is 0.297. The number of amides is 1. The number of aliphatic imine (C=N–C) groups is 1. The van der Waals surface area contributed by atoms with Gasteiger partial charge in [-0.3, -0.25) is 14.7 Å². The molecule has 0 fully saturated rings. The van der Waals surface area contributed by atoms with Gasteiger partial charge >= 0.3 is 0 Å². The molecule has 1 amide bonds. The van der Waals surface area contributed by atoms with Gasteiger partial charge in [-0.15, -0.1) is 0 Å². The highest BCUT2D eigenvalue weighted by Gasteiger charge is 2.59. The van der Waals surface area contributed by atoms with Gasteiger partial charge in [0.05, 0.1) is 19.3 Å². The number of ether oxygens (including phenoxy) is 2. The molecule has 0 aliphatic carbocycles. The lowest BCUT2D eigenvalue weighted by Crippen LogP contribution is -2.55. The molecule has 2 unspecified atom stereocenters. The lowest BCUT2D eigenvalue weighted by atomic mass is 9.70. The van der Waals surface area contributed by atoms with Crippen molar-refractivity contribution < 1.29 is 14.3 Å². The van der Waals surface area contributed by atoms with Crippen molar-refractivity contribution in [1.29, 1.82) is 0 Å². The molecule has 0 aromatic heterocycles. The number of carbonyl (C=O) groups excluding carboxylic acids is 1. The van der Waals surface area contributed by atoms with Crippen molar-refractivity contribution in [3.8, 4) is 11.5 Å². The quantitative estimate of drug-likeness (QED) is 0.205. The zero-order chi connectivity index (χ0) is 31.9. The number of hydrogen-bond donors (Lipinski definition) is 0. The second-order valence-electron chi connectivity index (χ2n) is 12.4. The van der Waals surface area contributed by atoms with Gasteiger partial charge in [0.25, 0.3) is 5.91 Å². The van der Waals surface area contributed by atoms with E-state index in [4.69, 9.17) is 37.7 Å². The van der Waals surface area contributed by atoms with Crippen LogP contribution in [0, 0.1) is 0 Å². The highest BCUT2D eigenvalue weighted by molar-refractivity contribution is 6.30. The summed E-state index contributed by atoms with van der Waals surface area (Å²) in [6.45, 7) is 13.0. The molecule has 0 radical (unpaired) electrons. The smallest absolute Gasteiger partial charge is 0.260 e. The first-order valence-electron chi connectivity index (χ1n) is 14.7. The van der Waals surface area contributed by atoms with Gasteiger partial charge in [0.15, 0.2) is 0 Å². The van der Waals surface area contributed by atoms with Crippen LogP contribution in [0.3, 0.4) is 0 Å². The molecule has 0 bridgehead atoms. The van der Waals surface area contributed by atoms with E-state index in [1.807, 2.05) is 66.4 Å². The normalized spacial score (nSPS) is 19.9. The molecule has 44 heavy (non-hydrogen) atoms. The van der Waals surface area contributed by atoms with Gasteiger partial charge in [-0.1, -0.05) is 74.3 Å². The molecule has 0 N–H and O–H groups in total. The molecule has 1 heterocycles. The third kappa shape index (κ3) is 5.48. The average Bonchev–Trinajstić information content (AvgIpc) is 3.25. The van der Waals surface area contributed by atoms with E-state index < -0.39 is 11.1 Å². The zero-order valence-corrected chi connectivity index (χ0v) is 27.8. The van der Waals surface area contributed by atoms with Crippen LogP contribution >= 0.6 is 23.2 Å². The summed E-state index contributed by atoms with van der Waals surface area (Å²) in [6.07, 6.45) is 0. The van der Waals surface area contributed by atoms with Gasteiger partial charge in [-0.05, 0) is 104 Å². The molecule has 5 rings (SSSR count). The minimum absolute atomic E-state index is 0.101. The summed E-state index contributed by atoms with van der Waals surface area (Å²) < 4.78 is 11.6. The predicted octanol–water partition coefficient (Wildman–Crippen LogP) is 9.43. The maximum absolute atomic E-state index is 14.9. The summed E-state index contributed by atoms with van der Waals surface area (Å²) in [6, 6.07) is 28.6. The van der Waals surface area contributed by atoms with Crippen molar-refractivity contribution in [2.75, 3.05) is 13.7 Å². The Morgan fingerprint density at radius 2 is 1.41 bits per heavy atom. The Morgan fingerprint density at radius 1 is 0.841 bits per heavy atom. The highest BCUT2D eigenvalue weighted by Crippen LogP contribution is 2.54. The number of halogens is 2. The van der Waals surface area contributed by atoms with Crippen LogP contribution in [0.5, 0.6) is 11.5 Å². The van der Waals surface area contributed by atoms with Crippen molar-refractivity contribution in [3.63, 3.8) is 0 Å². The summed E-state index contributed by atoms with van der Waals surface area (Å²) in [7, 11) is 1.60. The lowest BCUT2D eigenvalue weighted by molar-refractivity contribution is 0.0616. The van der Waals surface area contributed by atoms with Gasteiger partial charge in [-0.2, -0.15) is 0 Å². The molecule has 2 atom stereocenters. The monoisotopic (exact) mass is 628 g/mol. The number of benzene rings is 4. The van der Waals surface area contributed by atoms with Gasteiger partial charge in [0.2, 0.25) is 0 Å². The number of methoxy groups -OCH3 is 1. The lowest BCUT2D eigenvalue weighted by Gasteiger charge is -2.45. The van der Waals surface area contributed by atoms with Gasteiger partial charge < -0.3 is 9.47 Å². The molecule has 7 heteroatoms. The molecule has 5 nitrogen and oxygen atoms in total. The van der Waals surface area contributed by atoms with Crippen LogP contribution in [-0.2, 0) is 16.5 Å². The van der Waals surface area contributed by atoms with Gasteiger partial charge in [0, 0.05) is 15.6 Å². The second kappa shape index (κ2) is 11.9. The predicted molar refractivity (Wildman–Crippen MR) is 180 cm³/mol. The van der Waals surface area contributed by atoms with Crippen molar-refractivity contribution in [2.24, 2.45) is 4.99 Å². The molecular formula is C37H38Cl2N2O3. The van der Waals surface area contributed by atoms with Gasteiger partial charge in [-0.25, -0.2) is 0 Å². The van der Waals surface area contributed by atoms with Crippen LogP contribution in [0.25, 0.3) is 0 Å². The average molecular weight is 630 g/mol. The Bertz CT molecular complexity index is 1690. The summed E-state index contributed by atoms with van der Waals surface area (Å²) in [5, 5.41) is 1.23. The van der Waals surface area contributed by atoms with Gasteiger partial charge in [0.1, 0.15) is 28.4 Å². The fourth-order valence-corrected chi connectivity index (χ4v) is 6.15. The minimum Gasteiger partial charge on any atom is -0.497 e. The van der Waals surface area contributed by atoms with E-state index in [-0.39, 0.29) is 11.3 Å². The summed E-state index contributed by atoms with van der Waals surface area (Å²) in [4.78, 5) is 22.2. The van der Waals surface area contributed by atoms with E-state index in [9.17, 15) is 4.79 Å². The highest BCUT2D eigenvalue weighted by atomic mass is 35.5. The van der Waals surface area contributed by atoms with Crippen molar-refractivity contribution >= 4 is 34.9 Å². The number of amidine groups is 1. The van der Waals surface area contributed by atoms with Crippen LogP contribution in [0.2, 0.25) is 10.0 Å². The number of carbonyl (C=O) groups is 1. The molecule has 228 valence electrons. The molecule has 4 aromatic carbocycles. The summed E-state index contributed by atoms with van der Waals surface area (Å²) in [5.74, 6) is 1.65. The topological polar surface area (TPSA) is 51.1 Å². The summed E-state index contributed by atoms with van der Waals surface area (Å²) in [5.41, 5.74) is 2.12. The first kappa shape index (κ1) is 31.6. The molecular weight excluding hydrogens is 591 g/mol. The van der Waals surface area contributed by atoms with Crippen LogP contribution in [0.1, 0.15) is 74.2 Å². The molecule has 0 spiro atoms. The Hall–Kier alpha value is -3.80. The van der Waals surface area contributed by atoms with Crippen molar-refractivity contribution in [1.82, 2.24) is 4.90 Å². The van der Waals surface area contributed by atoms with E-state index in [0.717, 1.165) is 22.3 Å². The Labute approximate surface area is 270 Å². The molecule has 1 aliphatic heterocycles. The molecule has 4 aromatic rings. The standard InChI is InChI=1S/C37H38Cl2N2O3/c1-8-44-32-23-27(35(2,3)4)15-22-31(32)33-40-36(5,25-11-16-28(38)17-12-25)37(6,26-13-18-29(39)19-14-26)41(33)34(42)24-9-20-30(43-7)21-10-24/h9-23H,8H2,1-7H3. The first-order valence-corrected chi connectivity index (χ1v) is 15.5. The van der Waals surface area contributed by atoms with Crippen LogP contribution < -0.4 is 9.47 Å². The molecule has 0 saturated carbocycles. The third-order valence-electron chi connectivity index (χ3n) is 8.68. The summed E-state index contributed by atoms with van der Waals surface area (Å²) >= 11 is 12.7. The zero-order valence-electron chi connectivity index (χ0n) is 26.2. The van der Waals surface area contributed by atoms with E-state index in [1.54, 1.807) is 31.4 Å². The Morgan fingerprint density at radius 3 is 1.93 bits per heavy atom. The molecule has 0 saturated heterocycles. The van der Waals surface area contributed by atoms with Crippen LogP contribution in [0.15, 0.2) is 96.0 Å². The van der Waals surface area contributed by atoms with E-state index in [2.05, 4.69) is 46.8 Å². The van der Waals surface area contributed by atoms with Crippen molar-refractivity contribution in [3.05, 3.63) is 129 Å². The second-order valence-corrected chi connectivity index (χ2v) is 13.2. The fourth-order valence-electron chi connectivity index (χ4n) is 5.90. The first-order chi connectivity index (χ1) is 20.8. The number of rotatable bonds is 7. The van der Waals surface area contributed by atoms with E-state index in [0.29, 0.717) is 39.6 Å². The Balaban J connectivity index is 1.84. The van der Waals surface area contributed by atoms with E-state index >= 15 is 0 Å². The van der Waals surface area contributed by atoms with Crippen LogP contribution in [-0.4, -0.2) is 30.4 Å². The largest absolute Gasteiger partial charge is 0.497 e. The minimum atomic E-state index is -0.996. The number of hydrogen-bond acceptors (Lipinski definition) is 4. The maximum atomic E-state index is 14.9. The third-order valence-corrected chi connectivity index (χ3v) is 9.18. The SMILES string of the molecule is CCOc1cc(C(C)(C)C)ccc1C1=NC(C)(c2ccc(Cl)cc2)C(C)(c2ccc(Cl)cc2)N1C(=O)c1ccc(OC)cc1. The Kier molecular flexibility index (Phi) is 8.58. The van der Waals surface area contributed by atoms with Crippen molar-refractivity contribution in [2.45, 2.75) is 58.0 Å². The van der Waals surface area contributed by atoms with E-state index in [1.165, 1.54) is 0 Å². The molecule has 1 aliphatic rings. The van der Waals surface area contributed by atoms with Crippen LogP contribution in [0.4, 0.5) is 0 Å².